The third-order valence-electron chi connectivity index (χ3n) is 3.29. The number of aliphatic carboxylic acids is 2. The van der Waals surface area contributed by atoms with Gasteiger partial charge in [0.15, 0.2) is 0 Å². The molecule has 0 saturated heterocycles. The summed E-state index contributed by atoms with van der Waals surface area (Å²) in [6, 6.07) is -2.51. The maximum Gasteiger partial charge on any atom is 0.528 e. The van der Waals surface area contributed by atoms with Crippen molar-refractivity contribution < 1.29 is 43.8 Å². The summed E-state index contributed by atoms with van der Waals surface area (Å²) in [7, 11) is 0. The van der Waals surface area contributed by atoms with Gasteiger partial charge in [-0.05, 0) is 19.3 Å². The molecule has 0 fully saturated rings. The minimum absolute atomic E-state index is 0.0268. The van der Waals surface area contributed by atoms with Gasteiger partial charge < -0.3 is 36.2 Å². The minimum atomic E-state index is -1.60. The van der Waals surface area contributed by atoms with Crippen LogP contribution in [0.3, 0.4) is 0 Å². The van der Waals surface area contributed by atoms with E-state index in [9.17, 15) is 24.0 Å². The van der Waals surface area contributed by atoms with Crippen LogP contribution in [0.2, 0.25) is 0 Å². The van der Waals surface area contributed by atoms with Gasteiger partial charge in [-0.3, -0.25) is 14.4 Å². The molecule has 0 aliphatic rings. The second-order valence-electron chi connectivity index (χ2n) is 5.72. The van der Waals surface area contributed by atoms with Crippen molar-refractivity contribution in [1.82, 2.24) is 16.1 Å². The van der Waals surface area contributed by atoms with Crippen LogP contribution in [0.4, 0.5) is 4.79 Å². The van der Waals surface area contributed by atoms with Gasteiger partial charge in [-0.15, -0.1) is 5.48 Å². The van der Waals surface area contributed by atoms with Gasteiger partial charge in [-0.25, -0.2) is 9.59 Å². The Morgan fingerprint density at radius 1 is 1.14 bits per heavy atom. The zero-order chi connectivity index (χ0) is 22.2. The monoisotopic (exact) mass is 418 g/mol. The largest absolute Gasteiger partial charge is 0.528 e. The maximum atomic E-state index is 11.8. The van der Waals surface area contributed by atoms with Gasteiger partial charge in [0.1, 0.15) is 12.6 Å². The van der Waals surface area contributed by atoms with Crippen LogP contribution in [-0.2, 0) is 28.8 Å². The number of hydroxylamine groups is 1. The van der Waals surface area contributed by atoms with E-state index in [4.69, 9.17) is 15.9 Å². The fraction of sp³-hybridized carbons (Fsp3) is 0.562. The number of nitrogens with one attached hydrogen (secondary N) is 3. The number of amides is 2. The molecule has 0 radical (unpaired) electrons. The van der Waals surface area contributed by atoms with Crippen molar-refractivity contribution in [2.75, 3.05) is 19.7 Å². The normalized spacial score (nSPS) is 12.2. The third kappa shape index (κ3) is 13.6. The Hall–Kier alpha value is -3.19. The van der Waals surface area contributed by atoms with Crippen LogP contribution in [0.5, 0.6) is 0 Å². The molecule has 2 amide bonds. The Balaban J connectivity index is 3.97. The van der Waals surface area contributed by atoms with Gasteiger partial charge in [0.2, 0.25) is 11.8 Å². The zero-order valence-electron chi connectivity index (χ0n) is 15.7. The molecule has 0 aromatic carbocycles. The summed E-state index contributed by atoms with van der Waals surface area (Å²) >= 11 is 0. The van der Waals surface area contributed by atoms with Crippen LogP contribution < -0.4 is 21.8 Å². The van der Waals surface area contributed by atoms with E-state index < -0.39 is 55.0 Å². The molecule has 29 heavy (non-hydrogen) atoms. The molecule has 0 aliphatic heterocycles. The van der Waals surface area contributed by atoms with E-state index in [2.05, 4.69) is 27.0 Å². The number of hydrogen-bond acceptors (Lipinski definition) is 9. The quantitative estimate of drug-likeness (QED) is 0.0779. The van der Waals surface area contributed by atoms with Gasteiger partial charge in [0, 0.05) is 6.54 Å². The Labute approximate surface area is 166 Å². The zero-order valence-corrected chi connectivity index (χ0v) is 15.7. The Morgan fingerprint density at radius 2 is 1.83 bits per heavy atom. The highest BCUT2D eigenvalue weighted by Crippen LogP contribution is 1.99. The molecule has 0 aromatic rings. The molecule has 0 saturated carbocycles. The van der Waals surface area contributed by atoms with Crippen molar-refractivity contribution in [3.05, 3.63) is 12.7 Å². The third-order valence-corrected chi connectivity index (χ3v) is 3.29. The van der Waals surface area contributed by atoms with Crippen molar-refractivity contribution in [2.24, 2.45) is 5.73 Å². The highest BCUT2D eigenvalue weighted by molar-refractivity contribution is 5.90. The van der Waals surface area contributed by atoms with Crippen molar-refractivity contribution in [3.8, 4) is 0 Å². The molecule has 0 bridgehead atoms. The van der Waals surface area contributed by atoms with Gasteiger partial charge in [-0.1, -0.05) is 12.7 Å². The first-order valence-electron chi connectivity index (χ1n) is 8.62. The smallest absolute Gasteiger partial charge is 0.481 e. The van der Waals surface area contributed by atoms with E-state index in [1.54, 1.807) is 0 Å². The molecule has 0 unspecified atom stereocenters. The SMILES string of the molecule is C=CCOC(=O)ONCCCC[C@H](N)C(=O)NCC(=O)N[C@@H](CC(=O)O)C(=O)O. The lowest BCUT2D eigenvalue weighted by Gasteiger charge is -2.14. The van der Waals surface area contributed by atoms with E-state index in [0.29, 0.717) is 19.4 Å². The highest BCUT2D eigenvalue weighted by atomic mass is 16.8. The number of carbonyl (C=O) groups is 5. The predicted molar refractivity (Wildman–Crippen MR) is 97.3 cm³/mol. The summed E-state index contributed by atoms with van der Waals surface area (Å²) < 4.78 is 4.56. The number of carbonyl (C=O) groups excluding carboxylic acids is 3. The Bertz CT molecular complexity index is 597. The molecule has 13 heteroatoms. The van der Waals surface area contributed by atoms with E-state index in [-0.39, 0.29) is 13.0 Å². The number of unbranched alkanes of at least 4 members (excludes halogenated alkanes) is 1. The van der Waals surface area contributed by atoms with Gasteiger partial charge in [0.05, 0.1) is 19.0 Å². The van der Waals surface area contributed by atoms with E-state index in [1.807, 2.05) is 5.32 Å². The number of rotatable bonds is 15. The maximum absolute atomic E-state index is 11.8. The minimum Gasteiger partial charge on any atom is -0.481 e. The number of hydrogen-bond donors (Lipinski definition) is 6. The first kappa shape index (κ1) is 25.8. The fourth-order valence-electron chi connectivity index (χ4n) is 1.88. The Kier molecular flexibility index (Phi) is 13.2. The standard InChI is InChI=1S/C16H26N4O9/c1-2-7-28-16(27)29-19-6-4-3-5-10(17)14(24)18-9-12(21)20-11(15(25)26)8-13(22)23/h2,10-11,19H,1,3-9,17H2,(H,18,24)(H,20,21)(H,22,23)(H,25,26)/t10-,11-/m0/s1. The molecule has 13 nitrogen and oxygen atoms in total. The van der Waals surface area contributed by atoms with E-state index >= 15 is 0 Å². The van der Waals surface area contributed by atoms with Crippen LogP contribution in [0, 0.1) is 0 Å². The summed E-state index contributed by atoms with van der Waals surface area (Å²) in [6.45, 7) is 3.16. The molecular formula is C16H26N4O9. The van der Waals surface area contributed by atoms with Gasteiger partial charge >= 0.3 is 18.1 Å². The molecule has 0 aromatic heterocycles. The number of ether oxygens (including phenoxy) is 1. The molecule has 2 atom stereocenters. The average Bonchev–Trinajstić information content (AvgIpc) is 2.65. The second kappa shape index (κ2) is 14.8. The number of carboxylic acid groups (broad SMARTS) is 2. The molecule has 0 aliphatic carbocycles. The van der Waals surface area contributed by atoms with Gasteiger partial charge in [-0.2, -0.15) is 0 Å². The molecule has 164 valence electrons. The van der Waals surface area contributed by atoms with Crippen LogP contribution in [0.25, 0.3) is 0 Å². The fourth-order valence-corrected chi connectivity index (χ4v) is 1.88. The summed E-state index contributed by atoms with van der Waals surface area (Å²) in [5.74, 6) is -4.38. The van der Waals surface area contributed by atoms with Crippen LogP contribution >= 0.6 is 0 Å². The molecular weight excluding hydrogens is 392 g/mol. The molecule has 0 rings (SSSR count). The van der Waals surface area contributed by atoms with Crippen molar-refractivity contribution in [2.45, 2.75) is 37.8 Å². The summed E-state index contributed by atoms with van der Waals surface area (Å²) in [5.41, 5.74) is 8.07. The second-order valence-corrected chi connectivity index (χ2v) is 5.72. The van der Waals surface area contributed by atoms with E-state index in [0.717, 1.165) is 0 Å². The first-order chi connectivity index (χ1) is 13.7. The number of nitrogens with two attached hydrogens (primary N) is 1. The topological polar surface area (TPSA) is 206 Å². The summed E-state index contributed by atoms with van der Waals surface area (Å²) in [4.78, 5) is 60.4. The lowest BCUT2D eigenvalue weighted by molar-refractivity contribution is -0.147. The van der Waals surface area contributed by atoms with Crippen LogP contribution in [-0.4, -0.2) is 71.9 Å². The highest BCUT2D eigenvalue weighted by Gasteiger charge is 2.23. The van der Waals surface area contributed by atoms with E-state index in [1.165, 1.54) is 6.08 Å². The molecule has 0 heterocycles. The summed E-state index contributed by atoms with van der Waals surface area (Å²) in [6.07, 6.45) is 1.03. The van der Waals surface area contributed by atoms with Crippen molar-refractivity contribution in [3.63, 3.8) is 0 Å². The summed E-state index contributed by atoms with van der Waals surface area (Å²) in [5, 5.41) is 21.7. The van der Waals surface area contributed by atoms with Gasteiger partial charge in [0.25, 0.3) is 0 Å². The molecule has 7 N–H and O–H groups in total. The molecule has 0 spiro atoms. The number of carboxylic acids is 2. The Morgan fingerprint density at radius 3 is 2.41 bits per heavy atom. The first-order valence-corrected chi connectivity index (χ1v) is 8.62. The van der Waals surface area contributed by atoms with Crippen LogP contribution in [0.15, 0.2) is 12.7 Å². The lowest BCUT2D eigenvalue weighted by Crippen LogP contribution is -2.49. The average molecular weight is 418 g/mol. The van der Waals surface area contributed by atoms with Crippen molar-refractivity contribution in [1.29, 1.82) is 0 Å². The predicted octanol–water partition coefficient (Wildman–Crippen LogP) is -1.51. The van der Waals surface area contributed by atoms with Crippen LogP contribution in [0.1, 0.15) is 25.7 Å². The lowest BCUT2D eigenvalue weighted by atomic mass is 10.1. The van der Waals surface area contributed by atoms with Crippen molar-refractivity contribution >= 4 is 29.9 Å².